The van der Waals surface area contributed by atoms with Gasteiger partial charge in [-0.2, -0.15) is 0 Å². The maximum Gasteiger partial charge on any atom is 0.168 e. The molecule has 92 valence electrons. The largest absolute Gasteiger partial charge is 0.497 e. The van der Waals surface area contributed by atoms with Gasteiger partial charge < -0.3 is 9.26 Å². The Balaban J connectivity index is 2.12. The van der Waals surface area contributed by atoms with Gasteiger partial charge in [0.1, 0.15) is 17.2 Å². The topological polar surface area (TPSA) is 52.3 Å². The number of carbonyl (C=O) groups excluding carboxylic acids is 1. The van der Waals surface area contributed by atoms with E-state index < -0.39 is 0 Å². The van der Waals surface area contributed by atoms with Crippen molar-refractivity contribution in [3.05, 3.63) is 35.6 Å². The van der Waals surface area contributed by atoms with Crippen molar-refractivity contribution < 1.29 is 14.1 Å². The van der Waals surface area contributed by atoms with Gasteiger partial charge in [-0.1, -0.05) is 17.3 Å². The van der Waals surface area contributed by atoms with Crippen molar-refractivity contribution in [1.29, 1.82) is 0 Å². The Labute approximate surface area is 105 Å². The van der Waals surface area contributed by atoms with E-state index in [1.165, 1.54) is 0 Å². The molecule has 0 N–H and O–H groups in total. The van der Waals surface area contributed by atoms with Gasteiger partial charge in [0, 0.05) is 18.4 Å². The molecule has 1 aromatic carbocycles. The summed E-state index contributed by atoms with van der Waals surface area (Å²) in [5.74, 6) is 1.58. The van der Waals surface area contributed by atoms with Crippen molar-refractivity contribution in [1.82, 2.24) is 5.16 Å². The minimum absolute atomic E-state index is 0.121. The third-order valence-electron chi connectivity index (χ3n) is 3.19. The van der Waals surface area contributed by atoms with Gasteiger partial charge in [0.25, 0.3) is 0 Å². The molecule has 0 spiro atoms. The summed E-state index contributed by atoms with van der Waals surface area (Å²) in [4.78, 5) is 12.0. The summed E-state index contributed by atoms with van der Waals surface area (Å²) in [7, 11) is 1.61. The Hall–Kier alpha value is -2.10. The molecule has 0 saturated heterocycles. The molecule has 18 heavy (non-hydrogen) atoms. The highest BCUT2D eigenvalue weighted by Crippen LogP contribution is 2.32. The van der Waals surface area contributed by atoms with E-state index in [0.29, 0.717) is 23.4 Å². The van der Waals surface area contributed by atoms with E-state index in [-0.39, 0.29) is 5.78 Å². The minimum atomic E-state index is 0.121. The van der Waals surface area contributed by atoms with Gasteiger partial charge in [-0.05, 0) is 18.6 Å². The number of rotatable bonds is 2. The summed E-state index contributed by atoms with van der Waals surface area (Å²) >= 11 is 0. The number of benzene rings is 1. The zero-order chi connectivity index (χ0) is 12.5. The van der Waals surface area contributed by atoms with Crippen molar-refractivity contribution in [3.8, 4) is 17.0 Å². The number of methoxy groups -OCH3 is 1. The molecular weight excluding hydrogens is 230 g/mol. The Kier molecular flexibility index (Phi) is 2.63. The van der Waals surface area contributed by atoms with Crippen LogP contribution in [0.25, 0.3) is 11.3 Å². The number of aromatic nitrogens is 1. The molecule has 2 aromatic rings. The number of nitrogens with zero attached hydrogens (tertiary/aromatic N) is 1. The first kappa shape index (κ1) is 11.0. The monoisotopic (exact) mass is 243 g/mol. The highest BCUT2D eigenvalue weighted by atomic mass is 16.5. The number of aryl methyl sites for hydroxylation is 1. The van der Waals surface area contributed by atoms with E-state index in [0.717, 1.165) is 24.2 Å². The third-order valence-corrected chi connectivity index (χ3v) is 3.19. The highest BCUT2D eigenvalue weighted by molar-refractivity contribution is 6.03. The predicted molar refractivity (Wildman–Crippen MR) is 65.8 cm³/mol. The summed E-state index contributed by atoms with van der Waals surface area (Å²) < 4.78 is 10.5. The molecule has 0 radical (unpaired) electrons. The summed E-state index contributed by atoms with van der Waals surface area (Å²) in [5, 5.41) is 4.04. The first-order valence-corrected chi connectivity index (χ1v) is 5.96. The molecule has 1 aliphatic carbocycles. The second-order valence-electron chi connectivity index (χ2n) is 4.34. The van der Waals surface area contributed by atoms with E-state index in [9.17, 15) is 4.79 Å². The number of ketones is 1. The van der Waals surface area contributed by atoms with Crippen LogP contribution in [0.5, 0.6) is 5.75 Å². The van der Waals surface area contributed by atoms with Gasteiger partial charge in [0.05, 0.1) is 12.7 Å². The van der Waals surface area contributed by atoms with Gasteiger partial charge >= 0.3 is 0 Å². The molecule has 4 nitrogen and oxygen atoms in total. The quantitative estimate of drug-likeness (QED) is 0.813. The molecule has 0 unspecified atom stereocenters. The first-order chi connectivity index (χ1) is 8.79. The zero-order valence-electron chi connectivity index (χ0n) is 10.1. The fourth-order valence-corrected chi connectivity index (χ4v) is 2.28. The molecule has 0 fully saturated rings. The summed E-state index contributed by atoms with van der Waals surface area (Å²) in [5.41, 5.74) is 2.14. The lowest BCUT2D eigenvalue weighted by Crippen LogP contribution is -2.09. The van der Waals surface area contributed by atoms with Crippen LogP contribution in [0.4, 0.5) is 0 Å². The average molecular weight is 243 g/mol. The predicted octanol–water partition coefficient (Wildman–Crippen LogP) is 2.87. The number of hydrogen-bond acceptors (Lipinski definition) is 4. The fourth-order valence-electron chi connectivity index (χ4n) is 2.28. The Morgan fingerprint density at radius 3 is 3.06 bits per heavy atom. The normalized spacial score (nSPS) is 14.4. The van der Waals surface area contributed by atoms with Crippen LogP contribution < -0.4 is 4.74 Å². The maximum absolute atomic E-state index is 12.0. The number of carbonyl (C=O) groups is 1. The van der Waals surface area contributed by atoms with Crippen LogP contribution in [0.15, 0.2) is 28.8 Å². The number of fused-ring (bicyclic) bond motifs is 1. The maximum atomic E-state index is 12.0. The summed E-state index contributed by atoms with van der Waals surface area (Å²) in [6.07, 6.45) is 2.21. The molecule has 0 atom stereocenters. The smallest absolute Gasteiger partial charge is 0.168 e. The molecule has 1 aromatic heterocycles. The molecule has 0 aliphatic heterocycles. The van der Waals surface area contributed by atoms with Crippen molar-refractivity contribution in [2.45, 2.75) is 19.3 Å². The van der Waals surface area contributed by atoms with Crippen molar-refractivity contribution in [2.24, 2.45) is 0 Å². The van der Waals surface area contributed by atoms with E-state index >= 15 is 0 Å². The van der Waals surface area contributed by atoms with Crippen LogP contribution in [0, 0.1) is 0 Å². The van der Waals surface area contributed by atoms with Crippen LogP contribution in [-0.2, 0) is 6.42 Å². The van der Waals surface area contributed by atoms with E-state index in [1.807, 2.05) is 24.3 Å². The van der Waals surface area contributed by atoms with Gasteiger partial charge in [-0.15, -0.1) is 0 Å². The van der Waals surface area contributed by atoms with Crippen LogP contribution in [0.3, 0.4) is 0 Å². The minimum Gasteiger partial charge on any atom is -0.497 e. The van der Waals surface area contributed by atoms with Gasteiger partial charge in [-0.25, -0.2) is 0 Å². The van der Waals surface area contributed by atoms with Gasteiger partial charge in [0.2, 0.25) is 0 Å². The molecule has 4 heteroatoms. The summed E-state index contributed by atoms with van der Waals surface area (Å²) in [6, 6.07) is 7.50. The van der Waals surface area contributed by atoms with Gasteiger partial charge in [0.15, 0.2) is 5.78 Å². The Bertz CT molecular complexity index is 601. The first-order valence-electron chi connectivity index (χ1n) is 5.96. The lowest BCUT2D eigenvalue weighted by Gasteiger charge is -2.08. The molecule has 3 rings (SSSR count). The van der Waals surface area contributed by atoms with E-state index in [4.69, 9.17) is 9.26 Å². The van der Waals surface area contributed by atoms with Crippen molar-refractivity contribution >= 4 is 5.78 Å². The number of hydrogen-bond donors (Lipinski definition) is 0. The van der Waals surface area contributed by atoms with Crippen LogP contribution >= 0.6 is 0 Å². The van der Waals surface area contributed by atoms with E-state index in [2.05, 4.69) is 5.16 Å². The van der Waals surface area contributed by atoms with Crippen LogP contribution in [0.1, 0.15) is 29.0 Å². The van der Waals surface area contributed by atoms with Crippen LogP contribution in [-0.4, -0.2) is 18.0 Å². The lowest BCUT2D eigenvalue weighted by atomic mass is 9.93. The highest BCUT2D eigenvalue weighted by Gasteiger charge is 2.26. The Morgan fingerprint density at radius 2 is 2.22 bits per heavy atom. The number of ether oxygens (including phenoxy) is 1. The van der Waals surface area contributed by atoms with Crippen molar-refractivity contribution in [3.63, 3.8) is 0 Å². The molecule has 0 bridgehead atoms. The SMILES string of the molecule is COc1cccc(-c2noc3c2C(=O)CCC3)c1. The standard InChI is InChI=1S/C14H13NO3/c1-17-10-5-2-4-9(8-10)14-13-11(16)6-3-7-12(13)18-15-14/h2,4-5,8H,3,6-7H2,1H3. The Morgan fingerprint density at radius 1 is 1.33 bits per heavy atom. The molecular formula is C14H13NO3. The zero-order valence-corrected chi connectivity index (χ0v) is 10.1. The molecule has 0 amide bonds. The fraction of sp³-hybridized carbons (Fsp3) is 0.286. The molecule has 1 aliphatic rings. The van der Waals surface area contributed by atoms with Crippen LogP contribution in [0.2, 0.25) is 0 Å². The van der Waals surface area contributed by atoms with E-state index in [1.54, 1.807) is 7.11 Å². The third kappa shape index (κ3) is 1.70. The van der Waals surface area contributed by atoms with Crippen molar-refractivity contribution in [2.75, 3.05) is 7.11 Å². The molecule has 0 saturated carbocycles. The van der Waals surface area contributed by atoms with Gasteiger partial charge in [-0.3, -0.25) is 4.79 Å². The second-order valence-corrected chi connectivity index (χ2v) is 4.34. The lowest BCUT2D eigenvalue weighted by molar-refractivity contribution is 0.0969. The average Bonchev–Trinajstić information content (AvgIpc) is 2.84. The number of Topliss-reactive ketones (excluding diaryl/α,β-unsaturated/α-hetero) is 1. The molecule has 1 heterocycles. The second kappa shape index (κ2) is 4.29. The summed E-state index contributed by atoms with van der Waals surface area (Å²) in [6.45, 7) is 0.